The molecule has 0 radical (unpaired) electrons. The molecular weight excluding hydrogens is 348 g/mol. The van der Waals surface area contributed by atoms with Gasteiger partial charge in [-0.3, -0.25) is 0 Å². The summed E-state index contributed by atoms with van der Waals surface area (Å²) in [5, 5.41) is 14.7. The van der Waals surface area contributed by atoms with Crippen LogP contribution in [0.2, 0.25) is 0 Å². The third-order valence-electron chi connectivity index (χ3n) is 4.98. The number of nitrogens with zero attached hydrogens (tertiary/aromatic N) is 2. The summed E-state index contributed by atoms with van der Waals surface area (Å²) in [5.74, 6) is 0.993. The summed E-state index contributed by atoms with van der Waals surface area (Å²) in [6, 6.07) is 14.1. The number of hydrogen-bond donors (Lipinski definition) is 1. The molecule has 0 spiro atoms. The van der Waals surface area contributed by atoms with Crippen LogP contribution in [0.5, 0.6) is 5.75 Å². The number of rotatable bonds is 5. The molecule has 1 fully saturated rings. The lowest BCUT2D eigenvalue weighted by atomic mass is 9.99. The predicted octanol–water partition coefficient (Wildman–Crippen LogP) is 4.29. The zero-order valence-electron chi connectivity index (χ0n) is 14.2. The Morgan fingerprint density at radius 3 is 2.88 bits per heavy atom. The maximum atomic E-state index is 11.6. The fourth-order valence-corrected chi connectivity index (χ4v) is 4.29. The van der Waals surface area contributed by atoms with Crippen LogP contribution in [-0.2, 0) is 6.42 Å². The Bertz CT molecular complexity index is 897. The average Bonchev–Trinajstić information content (AvgIpc) is 3.30. The number of carboxylic acid groups (broad SMARTS) is 1. The first-order chi connectivity index (χ1) is 12.7. The molecule has 5 nitrogen and oxygen atoms in total. The van der Waals surface area contributed by atoms with Gasteiger partial charge in [-0.05, 0) is 29.3 Å². The van der Waals surface area contributed by atoms with Gasteiger partial charge >= 0.3 is 6.09 Å². The van der Waals surface area contributed by atoms with E-state index in [9.17, 15) is 9.90 Å². The van der Waals surface area contributed by atoms with Crippen LogP contribution in [-0.4, -0.2) is 40.3 Å². The number of amides is 1. The van der Waals surface area contributed by atoms with Crippen molar-refractivity contribution in [3.8, 4) is 5.75 Å². The number of hydrogen-bond acceptors (Lipinski definition) is 4. The molecular formula is C20H20N2O3S. The van der Waals surface area contributed by atoms with Crippen LogP contribution in [0.15, 0.2) is 54.0 Å². The third-order valence-corrected chi connectivity index (χ3v) is 5.79. The molecule has 26 heavy (non-hydrogen) atoms. The van der Waals surface area contributed by atoms with Gasteiger partial charge in [-0.2, -0.15) is 0 Å². The van der Waals surface area contributed by atoms with Gasteiger partial charge in [0.2, 0.25) is 0 Å². The van der Waals surface area contributed by atoms with Gasteiger partial charge in [-0.15, -0.1) is 11.3 Å². The summed E-state index contributed by atoms with van der Waals surface area (Å²) in [7, 11) is 0. The SMILES string of the molecule is O=C(O)N1CCC(COc2ccc3ccccc3c2)[C@H]1Cc1nccs1. The second-order valence-electron chi connectivity index (χ2n) is 6.54. The van der Waals surface area contributed by atoms with Gasteiger partial charge in [-0.1, -0.05) is 30.3 Å². The highest BCUT2D eigenvalue weighted by Gasteiger charge is 2.38. The minimum atomic E-state index is -0.861. The summed E-state index contributed by atoms with van der Waals surface area (Å²) < 4.78 is 6.04. The zero-order valence-corrected chi connectivity index (χ0v) is 15.1. The molecule has 6 heteroatoms. The standard InChI is InChI=1S/C20H20N2O3S/c23-20(24)22-9-7-16(18(22)12-19-21-8-10-26-19)13-25-17-6-5-14-3-1-2-4-15(14)11-17/h1-6,8,10-11,16,18H,7,9,12-13H2,(H,23,24)/t16?,18-/m1/s1. The largest absolute Gasteiger partial charge is 0.493 e. The van der Waals surface area contributed by atoms with E-state index < -0.39 is 6.09 Å². The average molecular weight is 368 g/mol. The van der Waals surface area contributed by atoms with Crippen molar-refractivity contribution in [2.24, 2.45) is 5.92 Å². The molecule has 1 aliphatic heterocycles. The van der Waals surface area contributed by atoms with Crippen molar-refractivity contribution in [1.29, 1.82) is 0 Å². The molecule has 2 atom stereocenters. The molecule has 1 aliphatic rings. The molecule has 1 N–H and O–H groups in total. The minimum absolute atomic E-state index is 0.0842. The van der Waals surface area contributed by atoms with E-state index in [4.69, 9.17) is 4.74 Å². The Balaban J connectivity index is 1.47. The van der Waals surface area contributed by atoms with Crippen LogP contribution in [0, 0.1) is 5.92 Å². The van der Waals surface area contributed by atoms with E-state index in [1.165, 1.54) is 10.3 Å². The van der Waals surface area contributed by atoms with E-state index >= 15 is 0 Å². The van der Waals surface area contributed by atoms with E-state index in [-0.39, 0.29) is 12.0 Å². The number of likely N-dealkylation sites (tertiary alicyclic amines) is 1. The Morgan fingerprint density at radius 2 is 2.12 bits per heavy atom. The normalized spacial score (nSPS) is 19.8. The number of thiazole rings is 1. The van der Waals surface area contributed by atoms with E-state index in [2.05, 4.69) is 23.2 Å². The van der Waals surface area contributed by atoms with Gasteiger partial charge in [-0.25, -0.2) is 9.78 Å². The Morgan fingerprint density at radius 1 is 1.27 bits per heavy atom. The van der Waals surface area contributed by atoms with Gasteiger partial charge in [0, 0.05) is 36.5 Å². The second kappa shape index (κ2) is 7.33. The molecule has 0 aliphatic carbocycles. The van der Waals surface area contributed by atoms with E-state index in [1.807, 2.05) is 29.6 Å². The fraction of sp³-hybridized carbons (Fsp3) is 0.300. The van der Waals surface area contributed by atoms with Crippen molar-refractivity contribution < 1.29 is 14.6 Å². The van der Waals surface area contributed by atoms with Crippen LogP contribution in [0.4, 0.5) is 4.79 Å². The van der Waals surface area contributed by atoms with Gasteiger partial charge in [0.15, 0.2) is 0 Å². The molecule has 3 aromatic rings. The van der Waals surface area contributed by atoms with Crippen molar-refractivity contribution in [2.75, 3.05) is 13.2 Å². The van der Waals surface area contributed by atoms with Gasteiger partial charge in [0.25, 0.3) is 0 Å². The number of aromatic nitrogens is 1. The van der Waals surface area contributed by atoms with Crippen molar-refractivity contribution in [3.63, 3.8) is 0 Å². The summed E-state index contributed by atoms with van der Waals surface area (Å²) >= 11 is 1.57. The monoisotopic (exact) mass is 368 g/mol. The highest BCUT2D eigenvalue weighted by atomic mass is 32.1. The summed E-state index contributed by atoms with van der Waals surface area (Å²) in [6.07, 6.45) is 2.37. The molecule has 1 amide bonds. The summed E-state index contributed by atoms with van der Waals surface area (Å²) in [5.41, 5.74) is 0. The van der Waals surface area contributed by atoms with Crippen molar-refractivity contribution >= 4 is 28.2 Å². The first kappa shape index (κ1) is 16.8. The number of carbonyl (C=O) groups is 1. The van der Waals surface area contributed by atoms with Gasteiger partial charge in [0.05, 0.1) is 11.6 Å². The molecule has 2 heterocycles. The molecule has 1 saturated heterocycles. The number of benzene rings is 2. The van der Waals surface area contributed by atoms with Crippen molar-refractivity contribution in [1.82, 2.24) is 9.88 Å². The Labute approximate surface area is 155 Å². The predicted molar refractivity (Wildman–Crippen MR) is 102 cm³/mol. The Hall–Kier alpha value is -2.60. The smallest absolute Gasteiger partial charge is 0.407 e. The van der Waals surface area contributed by atoms with E-state index in [0.717, 1.165) is 22.6 Å². The molecule has 134 valence electrons. The molecule has 0 saturated carbocycles. The zero-order chi connectivity index (χ0) is 17.9. The lowest BCUT2D eigenvalue weighted by Gasteiger charge is -2.25. The molecule has 2 aromatic carbocycles. The van der Waals surface area contributed by atoms with Crippen LogP contribution in [0.3, 0.4) is 0 Å². The number of ether oxygens (including phenoxy) is 1. The lowest BCUT2D eigenvalue weighted by molar-refractivity contribution is 0.127. The van der Waals surface area contributed by atoms with Crippen LogP contribution < -0.4 is 4.74 Å². The second-order valence-corrected chi connectivity index (χ2v) is 7.52. The van der Waals surface area contributed by atoms with Crippen LogP contribution in [0.25, 0.3) is 10.8 Å². The quantitative estimate of drug-likeness (QED) is 0.730. The van der Waals surface area contributed by atoms with Crippen LogP contribution in [0.1, 0.15) is 11.4 Å². The topological polar surface area (TPSA) is 62.7 Å². The third kappa shape index (κ3) is 3.51. The van der Waals surface area contributed by atoms with E-state index in [0.29, 0.717) is 19.6 Å². The van der Waals surface area contributed by atoms with Crippen molar-refractivity contribution in [3.05, 3.63) is 59.0 Å². The first-order valence-electron chi connectivity index (χ1n) is 8.70. The first-order valence-corrected chi connectivity index (χ1v) is 9.58. The van der Waals surface area contributed by atoms with Gasteiger partial charge in [0.1, 0.15) is 5.75 Å². The minimum Gasteiger partial charge on any atom is -0.493 e. The highest BCUT2D eigenvalue weighted by molar-refractivity contribution is 7.09. The highest BCUT2D eigenvalue weighted by Crippen LogP contribution is 2.29. The maximum Gasteiger partial charge on any atom is 0.407 e. The number of fused-ring (bicyclic) bond motifs is 1. The fourth-order valence-electron chi connectivity index (χ4n) is 3.62. The molecule has 0 bridgehead atoms. The molecule has 1 aromatic heterocycles. The molecule has 4 rings (SSSR count). The van der Waals surface area contributed by atoms with Gasteiger partial charge < -0.3 is 14.7 Å². The van der Waals surface area contributed by atoms with E-state index in [1.54, 1.807) is 17.5 Å². The Kier molecular flexibility index (Phi) is 4.75. The molecule has 1 unspecified atom stereocenters. The summed E-state index contributed by atoms with van der Waals surface area (Å²) in [6.45, 7) is 1.06. The van der Waals surface area contributed by atoms with Crippen molar-refractivity contribution in [2.45, 2.75) is 18.9 Å². The lowest BCUT2D eigenvalue weighted by Crippen LogP contribution is -2.39. The maximum absolute atomic E-state index is 11.6. The summed E-state index contributed by atoms with van der Waals surface area (Å²) in [4.78, 5) is 17.4. The van der Waals surface area contributed by atoms with Crippen LogP contribution >= 0.6 is 11.3 Å².